The summed E-state index contributed by atoms with van der Waals surface area (Å²) in [4.78, 5) is 0. The number of nitrogens with zero attached hydrogens (tertiary/aromatic N) is 1. The number of fused-ring (bicyclic) bond motifs is 5. The molecule has 2 heteroatoms. The highest BCUT2D eigenvalue weighted by Gasteiger charge is 2.63. The Balaban J connectivity index is 1.93. The first-order valence-corrected chi connectivity index (χ1v) is 3.95. The summed E-state index contributed by atoms with van der Waals surface area (Å²) in [5.74, 6) is 1.69. The van der Waals surface area contributed by atoms with E-state index in [1.165, 1.54) is 6.42 Å². The first-order valence-electron chi connectivity index (χ1n) is 3.95. The predicted molar refractivity (Wildman–Crippen MR) is 34.0 cm³/mol. The van der Waals surface area contributed by atoms with Gasteiger partial charge in [-0.2, -0.15) is 5.26 Å². The average molecular weight is 135 g/mol. The van der Waals surface area contributed by atoms with Crippen molar-refractivity contribution in [2.75, 3.05) is 0 Å². The minimum atomic E-state index is 0.328. The molecule has 3 rings (SSSR count). The molecule has 3 fully saturated rings. The Morgan fingerprint density at radius 3 is 2.80 bits per heavy atom. The van der Waals surface area contributed by atoms with Crippen molar-refractivity contribution in [1.29, 1.82) is 5.26 Å². The lowest BCUT2D eigenvalue weighted by Crippen LogP contribution is -2.15. The van der Waals surface area contributed by atoms with E-state index >= 15 is 0 Å². The molecule has 5 atom stereocenters. The highest BCUT2D eigenvalue weighted by atomic mass is 16.6. The van der Waals surface area contributed by atoms with Gasteiger partial charge < -0.3 is 4.74 Å². The van der Waals surface area contributed by atoms with Gasteiger partial charge in [-0.25, -0.2) is 0 Å². The van der Waals surface area contributed by atoms with Crippen LogP contribution >= 0.6 is 0 Å². The van der Waals surface area contributed by atoms with Crippen LogP contribution in [0.4, 0.5) is 0 Å². The molecule has 2 saturated carbocycles. The van der Waals surface area contributed by atoms with Gasteiger partial charge in [0.25, 0.3) is 0 Å². The van der Waals surface area contributed by atoms with Gasteiger partial charge in [0.2, 0.25) is 0 Å². The molecule has 2 aliphatic carbocycles. The molecule has 0 N–H and O–H groups in total. The molecular weight excluding hydrogens is 126 g/mol. The minimum Gasteiger partial charge on any atom is -0.369 e. The van der Waals surface area contributed by atoms with Gasteiger partial charge in [-0.1, -0.05) is 0 Å². The Morgan fingerprint density at radius 2 is 2.20 bits per heavy atom. The van der Waals surface area contributed by atoms with Crippen molar-refractivity contribution in [2.45, 2.75) is 25.0 Å². The molecule has 0 aromatic carbocycles. The van der Waals surface area contributed by atoms with Crippen LogP contribution in [0.3, 0.4) is 0 Å². The third-order valence-electron chi connectivity index (χ3n) is 3.26. The summed E-state index contributed by atoms with van der Waals surface area (Å²) >= 11 is 0. The molecular formula is C8H9NO. The van der Waals surface area contributed by atoms with Gasteiger partial charge in [-0.15, -0.1) is 0 Å². The quantitative estimate of drug-likeness (QED) is 0.463. The van der Waals surface area contributed by atoms with Crippen molar-refractivity contribution in [3.05, 3.63) is 0 Å². The third-order valence-corrected chi connectivity index (χ3v) is 3.26. The standard InChI is InChI=1S/C8H9NO/c9-3-5-1-4-2-6(5)8-7(4)10-8/h4-8H,1-2H2/t4-,5+,6-,7+,8-/m0/s1. The van der Waals surface area contributed by atoms with Crippen molar-refractivity contribution in [3.8, 4) is 6.07 Å². The molecule has 1 heterocycles. The van der Waals surface area contributed by atoms with Gasteiger partial charge in [0.1, 0.15) is 0 Å². The Labute approximate surface area is 59.8 Å². The van der Waals surface area contributed by atoms with E-state index in [-0.39, 0.29) is 0 Å². The molecule has 0 radical (unpaired) electrons. The molecule has 2 nitrogen and oxygen atoms in total. The minimum absolute atomic E-state index is 0.328. The molecule has 1 aliphatic heterocycles. The second-order valence-electron chi connectivity index (χ2n) is 3.70. The zero-order chi connectivity index (χ0) is 6.72. The van der Waals surface area contributed by atoms with E-state index in [2.05, 4.69) is 6.07 Å². The second kappa shape index (κ2) is 1.38. The number of nitriles is 1. The Kier molecular flexibility index (Phi) is 0.709. The molecule has 2 bridgehead atoms. The lowest BCUT2D eigenvalue weighted by molar-refractivity contribution is 0.259. The largest absolute Gasteiger partial charge is 0.369 e. The Bertz CT molecular complexity index is 220. The summed E-state index contributed by atoms with van der Waals surface area (Å²) < 4.78 is 5.42. The first-order chi connectivity index (χ1) is 4.90. The van der Waals surface area contributed by atoms with Crippen LogP contribution in [0.25, 0.3) is 0 Å². The van der Waals surface area contributed by atoms with Gasteiger partial charge in [0.05, 0.1) is 24.2 Å². The summed E-state index contributed by atoms with van der Waals surface area (Å²) in [5.41, 5.74) is 0. The maximum atomic E-state index is 8.72. The summed E-state index contributed by atoms with van der Waals surface area (Å²) in [6.07, 6.45) is 3.47. The van der Waals surface area contributed by atoms with Gasteiger partial charge in [0.15, 0.2) is 0 Å². The van der Waals surface area contributed by atoms with Gasteiger partial charge in [-0.3, -0.25) is 0 Å². The molecule has 10 heavy (non-hydrogen) atoms. The number of rotatable bonds is 0. The van der Waals surface area contributed by atoms with Crippen LogP contribution in [0.1, 0.15) is 12.8 Å². The smallest absolute Gasteiger partial charge is 0.0885 e. The molecule has 0 amide bonds. The van der Waals surface area contributed by atoms with Crippen LogP contribution in [0.15, 0.2) is 0 Å². The average Bonchev–Trinajstić information content (AvgIpc) is 2.58. The fourth-order valence-corrected chi connectivity index (χ4v) is 2.75. The van der Waals surface area contributed by atoms with Crippen LogP contribution < -0.4 is 0 Å². The summed E-state index contributed by atoms with van der Waals surface area (Å²) in [6, 6.07) is 2.37. The van der Waals surface area contributed by atoms with E-state index < -0.39 is 0 Å². The van der Waals surface area contributed by atoms with Crippen LogP contribution in [0.2, 0.25) is 0 Å². The number of hydrogen-bond acceptors (Lipinski definition) is 2. The molecule has 0 aromatic rings. The first kappa shape index (κ1) is 5.15. The van der Waals surface area contributed by atoms with Crippen LogP contribution in [0.5, 0.6) is 0 Å². The molecule has 52 valence electrons. The zero-order valence-electron chi connectivity index (χ0n) is 5.66. The van der Waals surface area contributed by atoms with Crippen molar-refractivity contribution in [3.63, 3.8) is 0 Å². The highest BCUT2D eigenvalue weighted by Crippen LogP contribution is 2.58. The van der Waals surface area contributed by atoms with Crippen molar-refractivity contribution in [2.24, 2.45) is 17.8 Å². The van der Waals surface area contributed by atoms with Crippen LogP contribution in [-0.2, 0) is 4.74 Å². The highest BCUT2D eigenvalue weighted by molar-refractivity contribution is 5.14. The SMILES string of the molecule is N#C[C@H]1C[C@H]2C[C@@H]1[C@@H]1O[C@H]21. The second-order valence-corrected chi connectivity index (χ2v) is 3.70. The summed E-state index contributed by atoms with van der Waals surface area (Å²) in [7, 11) is 0. The number of epoxide rings is 1. The molecule has 1 saturated heterocycles. The lowest BCUT2D eigenvalue weighted by Gasteiger charge is -2.09. The van der Waals surface area contributed by atoms with E-state index in [1.807, 2.05) is 0 Å². The zero-order valence-corrected chi connectivity index (χ0v) is 5.66. The molecule has 0 unspecified atom stereocenters. The fourth-order valence-electron chi connectivity index (χ4n) is 2.75. The normalized spacial score (nSPS) is 61.7. The predicted octanol–water partition coefficient (Wildman–Crippen LogP) is 0.933. The van der Waals surface area contributed by atoms with Gasteiger partial charge in [0, 0.05) is 5.92 Å². The van der Waals surface area contributed by atoms with E-state index in [4.69, 9.17) is 10.00 Å². The number of hydrogen-bond donors (Lipinski definition) is 0. The van der Waals surface area contributed by atoms with E-state index in [9.17, 15) is 0 Å². The number of ether oxygens (including phenoxy) is 1. The molecule has 0 spiro atoms. The summed E-state index contributed by atoms with van der Waals surface area (Å²) in [6.45, 7) is 0. The Hall–Kier alpha value is -0.550. The maximum absolute atomic E-state index is 8.72. The van der Waals surface area contributed by atoms with Crippen LogP contribution in [-0.4, -0.2) is 12.2 Å². The maximum Gasteiger partial charge on any atom is 0.0885 e. The lowest BCUT2D eigenvalue weighted by atomic mass is 9.90. The topological polar surface area (TPSA) is 36.3 Å². The van der Waals surface area contributed by atoms with Gasteiger partial charge >= 0.3 is 0 Å². The van der Waals surface area contributed by atoms with E-state index in [0.29, 0.717) is 24.0 Å². The third kappa shape index (κ3) is 0.411. The van der Waals surface area contributed by atoms with Gasteiger partial charge in [-0.05, 0) is 18.8 Å². The fraction of sp³-hybridized carbons (Fsp3) is 0.875. The molecule has 3 aliphatic rings. The Morgan fingerprint density at radius 1 is 1.30 bits per heavy atom. The van der Waals surface area contributed by atoms with E-state index in [1.54, 1.807) is 0 Å². The van der Waals surface area contributed by atoms with Crippen molar-refractivity contribution in [1.82, 2.24) is 0 Å². The van der Waals surface area contributed by atoms with Crippen molar-refractivity contribution < 1.29 is 4.74 Å². The van der Waals surface area contributed by atoms with Crippen LogP contribution in [0, 0.1) is 29.1 Å². The summed E-state index contributed by atoms with van der Waals surface area (Å²) in [5, 5.41) is 8.72. The van der Waals surface area contributed by atoms with Crippen molar-refractivity contribution >= 4 is 0 Å². The molecule has 0 aromatic heterocycles. The van der Waals surface area contributed by atoms with E-state index in [0.717, 1.165) is 12.3 Å². The monoisotopic (exact) mass is 135 g/mol.